The van der Waals surface area contributed by atoms with E-state index in [1.165, 1.54) is 9.80 Å². The average molecular weight is 409 g/mol. The second kappa shape index (κ2) is 10.7. The molecule has 0 bridgehead atoms. The Labute approximate surface area is 170 Å². The Morgan fingerprint density at radius 3 is 2.48 bits per heavy atom. The van der Waals surface area contributed by atoms with Gasteiger partial charge in [-0.3, -0.25) is 19.4 Å². The predicted molar refractivity (Wildman–Crippen MR) is 106 cm³/mol. The summed E-state index contributed by atoms with van der Waals surface area (Å²) < 4.78 is 0. The monoisotopic (exact) mass is 409 g/mol. The molecule has 0 spiro atoms. The topological polar surface area (TPSA) is 177 Å². The molecule has 0 aromatic rings. The van der Waals surface area contributed by atoms with Gasteiger partial charge in [0.05, 0.1) is 12.6 Å². The summed E-state index contributed by atoms with van der Waals surface area (Å²) in [5.74, 6) is -1.02. The Kier molecular flexibility index (Phi) is 8.37. The fraction of sp³-hybridized carbons (Fsp3) is 0.722. The third-order valence-electron chi connectivity index (χ3n) is 5.35. The van der Waals surface area contributed by atoms with Gasteiger partial charge in [0.15, 0.2) is 5.96 Å². The fourth-order valence-corrected chi connectivity index (χ4v) is 3.89. The van der Waals surface area contributed by atoms with E-state index in [1.54, 1.807) is 0 Å². The lowest BCUT2D eigenvalue weighted by Crippen LogP contribution is -2.55. The first-order chi connectivity index (χ1) is 13.9. The molecule has 11 nitrogen and oxygen atoms in total. The van der Waals surface area contributed by atoms with Crippen LogP contribution in [0.1, 0.15) is 38.5 Å². The molecule has 3 atom stereocenters. The average Bonchev–Trinajstić information content (AvgIpc) is 3.38. The van der Waals surface area contributed by atoms with Crippen LogP contribution in [-0.2, 0) is 19.2 Å². The molecule has 162 valence electrons. The van der Waals surface area contributed by atoms with Crippen molar-refractivity contribution in [1.29, 1.82) is 0 Å². The van der Waals surface area contributed by atoms with Crippen molar-refractivity contribution in [3.8, 4) is 0 Å². The van der Waals surface area contributed by atoms with Gasteiger partial charge >= 0.3 is 0 Å². The second-order valence-corrected chi connectivity index (χ2v) is 7.34. The maximum atomic E-state index is 13.0. The third-order valence-corrected chi connectivity index (χ3v) is 5.35. The van der Waals surface area contributed by atoms with Gasteiger partial charge in [-0.15, -0.1) is 0 Å². The molecule has 3 unspecified atom stereocenters. The van der Waals surface area contributed by atoms with Crippen molar-refractivity contribution in [2.45, 2.75) is 56.7 Å². The number of hydrogen-bond donors (Lipinski definition) is 4. The van der Waals surface area contributed by atoms with E-state index < -0.39 is 18.1 Å². The first-order valence-electron chi connectivity index (χ1n) is 10.00. The Morgan fingerprint density at radius 2 is 1.83 bits per heavy atom. The SMILES string of the molecule is NCC(=O)N1CCCC1C(=O)NC(CCCN=C(N)N)C(=O)N1CCCC1C=O. The van der Waals surface area contributed by atoms with Crippen LogP contribution in [0, 0.1) is 0 Å². The zero-order chi connectivity index (χ0) is 21.4. The van der Waals surface area contributed by atoms with Crippen molar-refractivity contribution in [2.24, 2.45) is 22.2 Å². The summed E-state index contributed by atoms with van der Waals surface area (Å²) >= 11 is 0. The van der Waals surface area contributed by atoms with E-state index in [-0.39, 0.29) is 30.2 Å². The lowest BCUT2D eigenvalue weighted by molar-refractivity contribution is -0.141. The van der Waals surface area contributed by atoms with E-state index >= 15 is 0 Å². The number of rotatable bonds is 9. The van der Waals surface area contributed by atoms with Gasteiger partial charge in [-0.2, -0.15) is 0 Å². The molecule has 3 amide bonds. The minimum atomic E-state index is -0.812. The van der Waals surface area contributed by atoms with Crippen LogP contribution in [0.25, 0.3) is 0 Å². The summed E-state index contributed by atoms with van der Waals surface area (Å²) in [6.07, 6.45) is 4.14. The summed E-state index contributed by atoms with van der Waals surface area (Å²) in [5.41, 5.74) is 16.1. The summed E-state index contributed by atoms with van der Waals surface area (Å²) in [7, 11) is 0. The van der Waals surface area contributed by atoms with E-state index in [0.717, 1.165) is 12.7 Å². The standard InChI is InChI=1S/C18H31N7O4/c19-10-15(27)25-9-3-6-14(25)16(28)23-13(5-1-7-22-18(20)21)17(29)24-8-2-4-12(24)11-26/h11-14H,1-10,19H2,(H,23,28)(H4,20,21,22). The summed E-state index contributed by atoms with van der Waals surface area (Å²) in [5, 5.41) is 2.79. The summed E-state index contributed by atoms with van der Waals surface area (Å²) in [6, 6.07) is -1.92. The van der Waals surface area contributed by atoms with Crippen LogP contribution in [0.2, 0.25) is 0 Å². The summed E-state index contributed by atoms with van der Waals surface area (Å²) in [6.45, 7) is 1.10. The molecule has 0 aliphatic carbocycles. The number of carbonyl (C=O) groups is 4. The Morgan fingerprint density at radius 1 is 1.14 bits per heavy atom. The zero-order valence-corrected chi connectivity index (χ0v) is 16.6. The minimum absolute atomic E-state index is 0.0423. The van der Waals surface area contributed by atoms with Crippen molar-refractivity contribution in [3.63, 3.8) is 0 Å². The van der Waals surface area contributed by atoms with E-state index in [2.05, 4.69) is 10.3 Å². The van der Waals surface area contributed by atoms with Gasteiger partial charge in [0, 0.05) is 19.6 Å². The van der Waals surface area contributed by atoms with Gasteiger partial charge in [0.1, 0.15) is 18.4 Å². The normalized spacial score (nSPS) is 22.2. The van der Waals surface area contributed by atoms with Gasteiger partial charge in [0.2, 0.25) is 17.7 Å². The quantitative estimate of drug-likeness (QED) is 0.143. The van der Waals surface area contributed by atoms with Gasteiger partial charge in [0.25, 0.3) is 0 Å². The summed E-state index contributed by atoms with van der Waals surface area (Å²) in [4.78, 5) is 56.0. The number of nitrogens with one attached hydrogen (secondary N) is 1. The maximum Gasteiger partial charge on any atom is 0.245 e. The van der Waals surface area contributed by atoms with E-state index in [1.807, 2.05) is 0 Å². The smallest absolute Gasteiger partial charge is 0.245 e. The molecule has 29 heavy (non-hydrogen) atoms. The Balaban J connectivity index is 2.08. The number of likely N-dealkylation sites (tertiary alicyclic amines) is 2. The number of aliphatic imine (C=N–C) groups is 1. The van der Waals surface area contributed by atoms with Crippen LogP contribution in [0.3, 0.4) is 0 Å². The van der Waals surface area contributed by atoms with Crippen molar-refractivity contribution >= 4 is 30.0 Å². The van der Waals surface area contributed by atoms with Crippen molar-refractivity contribution in [1.82, 2.24) is 15.1 Å². The molecule has 2 saturated heterocycles. The second-order valence-electron chi connectivity index (χ2n) is 7.34. The van der Waals surface area contributed by atoms with Crippen LogP contribution >= 0.6 is 0 Å². The van der Waals surface area contributed by atoms with Gasteiger partial charge in [-0.1, -0.05) is 0 Å². The fourth-order valence-electron chi connectivity index (χ4n) is 3.89. The van der Waals surface area contributed by atoms with Crippen LogP contribution < -0.4 is 22.5 Å². The molecule has 0 saturated carbocycles. The molecular formula is C18H31N7O4. The molecule has 0 aromatic carbocycles. The van der Waals surface area contributed by atoms with Gasteiger partial charge < -0.3 is 37.1 Å². The zero-order valence-electron chi connectivity index (χ0n) is 16.6. The molecular weight excluding hydrogens is 378 g/mol. The molecule has 0 aromatic heterocycles. The Hall–Kier alpha value is -2.69. The lowest BCUT2D eigenvalue weighted by atomic mass is 10.1. The number of nitrogens with zero attached hydrogens (tertiary/aromatic N) is 3. The maximum absolute atomic E-state index is 13.0. The van der Waals surface area contributed by atoms with E-state index in [9.17, 15) is 19.2 Å². The molecule has 2 rings (SSSR count). The van der Waals surface area contributed by atoms with Gasteiger partial charge in [-0.25, -0.2) is 0 Å². The number of amides is 3. The van der Waals surface area contributed by atoms with E-state index in [4.69, 9.17) is 17.2 Å². The largest absolute Gasteiger partial charge is 0.370 e. The van der Waals surface area contributed by atoms with Crippen LogP contribution in [0.4, 0.5) is 0 Å². The molecule has 2 aliphatic heterocycles. The highest BCUT2D eigenvalue weighted by Gasteiger charge is 2.37. The molecule has 7 N–H and O–H groups in total. The highest BCUT2D eigenvalue weighted by Crippen LogP contribution is 2.20. The molecule has 11 heteroatoms. The molecule has 2 fully saturated rings. The first kappa shape index (κ1) is 22.6. The first-order valence-corrected chi connectivity index (χ1v) is 10.00. The Bertz CT molecular complexity index is 650. The van der Waals surface area contributed by atoms with Crippen LogP contribution in [0.5, 0.6) is 0 Å². The molecule has 0 radical (unpaired) electrons. The van der Waals surface area contributed by atoms with Crippen molar-refractivity contribution in [2.75, 3.05) is 26.2 Å². The number of hydrogen-bond acceptors (Lipinski definition) is 6. The third kappa shape index (κ3) is 5.89. The van der Waals surface area contributed by atoms with Gasteiger partial charge in [-0.05, 0) is 38.5 Å². The number of carbonyl (C=O) groups excluding carboxylic acids is 4. The number of guanidine groups is 1. The van der Waals surface area contributed by atoms with Crippen molar-refractivity contribution < 1.29 is 19.2 Å². The number of nitrogens with two attached hydrogens (primary N) is 3. The lowest BCUT2D eigenvalue weighted by Gasteiger charge is -2.29. The highest BCUT2D eigenvalue weighted by molar-refractivity contribution is 5.93. The predicted octanol–water partition coefficient (Wildman–Crippen LogP) is -2.34. The highest BCUT2D eigenvalue weighted by atomic mass is 16.2. The van der Waals surface area contributed by atoms with E-state index in [0.29, 0.717) is 51.7 Å². The number of aldehydes is 1. The minimum Gasteiger partial charge on any atom is -0.370 e. The molecule has 2 heterocycles. The van der Waals surface area contributed by atoms with Crippen LogP contribution in [0.15, 0.2) is 4.99 Å². The molecule has 2 aliphatic rings. The van der Waals surface area contributed by atoms with Crippen molar-refractivity contribution in [3.05, 3.63) is 0 Å². The van der Waals surface area contributed by atoms with Crippen LogP contribution in [-0.4, -0.2) is 84.1 Å².